The number of aliphatic imine (C=N–C) groups is 1. The van der Waals surface area contributed by atoms with E-state index in [1.54, 1.807) is 107 Å². The zero-order chi connectivity index (χ0) is 87.1. The van der Waals surface area contributed by atoms with Gasteiger partial charge < -0.3 is 31.2 Å². The van der Waals surface area contributed by atoms with Crippen LogP contribution in [0.4, 0.5) is 66.2 Å². The van der Waals surface area contributed by atoms with E-state index in [0.717, 1.165) is 110 Å². The number of aromatic nitrogens is 13. The number of hydrogen-bond donors (Lipinski definition) is 4. The zero-order valence-corrected chi connectivity index (χ0v) is 71.9. The summed E-state index contributed by atoms with van der Waals surface area (Å²) in [6.07, 6.45) is 11.5. The van der Waals surface area contributed by atoms with Crippen molar-refractivity contribution in [2.75, 3.05) is 62.0 Å². The van der Waals surface area contributed by atoms with Crippen molar-refractivity contribution in [3.63, 3.8) is 0 Å². The number of primary amides is 1. The molecular formula is C83H93ClF6N20O9S3. The maximum Gasteiger partial charge on any atom is 0.295 e. The van der Waals surface area contributed by atoms with Crippen LogP contribution in [0.15, 0.2) is 126 Å². The summed E-state index contributed by atoms with van der Waals surface area (Å²) >= 11 is 6.37. The number of nitrogens with two attached hydrogens (primary N) is 1. The number of fused-ring (bicyclic) bond motifs is 3. The molecule has 4 atom stereocenters. The van der Waals surface area contributed by atoms with E-state index in [0.29, 0.717) is 86.9 Å². The second-order valence-electron chi connectivity index (χ2n) is 31.2. The van der Waals surface area contributed by atoms with Crippen LogP contribution in [-0.4, -0.2) is 156 Å². The smallest absolute Gasteiger partial charge is 0.295 e. The minimum absolute atomic E-state index is 0.0116. The van der Waals surface area contributed by atoms with Crippen molar-refractivity contribution in [2.24, 2.45) is 58.3 Å². The van der Waals surface area contributed by atoms with Crippen LogP contribution in [-0.2, 0) is 93.6 Å². The number of amides is 1. The fourth-order valence-corrected chi connectivity index (χ4v) is 17.9. The molecule has 8 aromatic heterocycles. The molecule has 0 radical (unpaired) electrons. The Labute approximate surface area is 705 Å². The maximum atomic E-state index is 14.3. The molecule has 4 unspecified atom stereocenters. The first-order valence-corrected chi connectivity index (χ1v) is 45.8. The van der Waals surface area contributed by atoms with Gasteiger partial charge in [0.1, 0.15) is 45.9 Å². The molecule has 5 fully saturated rings. The number of sulfone groups is 1. The lowest BCUT2D eigenvalue weighted by Crippen LogP contribution is -2.21. The number of nitrogens with one attached hydrogen (secondary N) is 3. The molecule has 39 heteroatoms. The molecule has 6 aliphatic rings. The fraction of sp³-hybridized carbons (Fsp3) is 0.422. The van der Waals surface area contributed by atoms with Crippen LogP contribution >= 0.6 is 11.6 Å². The van der Waals surface area contributed by atoms with E-state index in [9.17, 15) is 57.6 Å². The van der Waals surface area contributed by atoms with E-state index in [1.807, 2.05) is 46.3 Å². The molecule has 29 nitrogen and oxygen atoms in total. The molecule has 3 aliphatic carbocycles. The first-order chi connectivity index (χ1) is 58.1. The van der Waals surface area contributed by atoms with Gasteiger partial charge in [0.05, 0.1) is 110 Å². The van der Waals surface area contributed by atoms with Crippen molar-refractivity contribution in [3.05, 3.63) is 143 Å². The molecule has 0 bridgehead atoms. The van der Waals surface area contributed by atoms with Crippen molar-refractivity contribution in [2.45, 2.75) is 157 Å². The molecule has 122 heavy (non-hydrogen) atoms. The van der Waals surface area contributed by atoms with E-state index in [2.05, 4.69) is 69.9 Å². The third-order valence-electron chi connectivity index (χ3n) is 22.2. The standard InChI is InChI=1S/C29H32F2N6O4S.C25H28ClF2N7O2S.C25H26F2N6O2S.C4H7NO/c1-16-20(15-32-36(16)2)18-9-10-21(24(12-18)42(3,39)40)34-22-13-19(14-23(38)17-7-8-17)33-28-26(22)35-29(27(30)31)37(28)25-6-4-5-11-41-25;1-14-16(13-30-34(14)3)15-8-9-17(19(11-15)38(4,36)29-2)31-18-12-20(26)32-24-22(18)33-25(23(27)28)35(24)21-7-5-6-10-37-21;1-28-36(3,35)23-8-15(16-12-29-33(2)13-16)6-7-18(23)31-19-9-17(10-22(34)14-4-5-14)30-20-11-21(25(26)27)32-24(19)20;5-4(6)3-1-2-3/h9-10,12-13,15,17,25,27H,4-8,11,14H2,1-3H3,(H,33,34);8-9,11-13,21,23H,5-7,10H2,1-4H3,(H,31,32);6-9,12-14,25H,4-5,10-11H2,1-3H3,(H,30,31);3H,1-2H2,(H2,5,6). The predicted octanol–water partition coefficient (Wildman–Crippen LogP) is 16.3. The number of pyridine rings is 3. The highest BCUT2D eigenvalue weighted by Gasteiger charge is 2.36. The Balaban J connectivity index is 0.000000144. The summed E-state index contributed by atoms with van der Waals surface area (Å²) in [5.74, 6) is -0.618. The van der Waals surface area contributed by atoms with Gasteiger partial charge in [-0.25, -0.2) is 76.8 Å². The number of nitrogens with zero attached hydrogens (tertiary/aromatic N) is 16. The van der Waals surface area contributed by atoms with E-state index in [-0.39, 0.29) is 104 Å². The molecule has 3 saturated carbocycles. The fourth-order valence-electron chi connectivity index (χ4n) is 14.7. The van der Waals surface area contributed by atoms with Gasteiger partial charge in [-0.2, -0.15) is 15.3 Å². The van der Waals surface area contributed by atoms with Crippen LogP contribution in [0.1, 0.15) is 142 Å². The lowest BCUT2D eigenvalue weighted by atomic mass is 10.1. The number of ether oxygens (including phenoxy) is 2. The van der Waals surface area contributed by atoms with E-state index >= 15 is 0 Å². The van der Waals surface area contributed by atoms with Crippen molar-refractivity contribution < 1.29 is 67.0 Å². The Hall–Kier alpha value is -10.8. The number of Topliss-reactive ketones (excluding diaryl/α,β-unsaturated/α-hetero) is 2. The average Bonchev–Trinajstić information content (AvgIpc) is 1.54. The van der Waals surface area contributed by atoms with E-state index in [4.69, 9.17) is 26.8 Å². The van der Waals surface area contributed by atoms with Crippen LogP contribution in [0.3, 0.4) is 0 Å². The van der Waals surface area contributed by atoms with Gasteiger partial charge in [0.2, 0.25) is 5.91 Å². The summed E-state index contributed by atoms with van der Waals surface area (Å²) in [5, 5.41) is 22.5. The number of carbonyl (C=O) groups excluding carboxylic acids is 3. The van der Waals surface area contributed by atoms with Gasteiger partial charge in [-0.05, 0) is 156 Å². The number of anilines is 6. The second kappa shape index (κ2) is 35.9. The lowest BCUT2D eigenvalue weighted by molar-refractivity contribution is -0.120. The van der Waals surface area contributed by atoms with E-state index < -0.39 is 72.7 Å². The molecule has 646 valence electrons. The van der Waals surface area contributed by atoms with Gasteiger partial charge in [-0.15, -0.1) is 0 Å². The van der Waals surface area contributed by atoms with Crippen LogP contribution in [0.2, 0.25) is 5.15 Å². The third-order valence-corrected chi connectivity index (χ3v) is 27.2. The Kier molecular flexibility index (Phi) is 25.8. The summed E-state index contributed by atoms with van der Waals surface area (Å²) in [6.45, 7) is 4.73. The molecule has 1 amide bonds. The van der Waals surface area contributed by atoms with E-state index in [1.165, 1.54) is 29.3 Å². The molecule has 11 heterocycles. The summed E-state index contributed by atoms with van der Waals surface area (Å²) < 4.78 is 164. The highest BCUT2D eigenvalue weighted by Crippen LogP contribution is 2.45. The summed E-state index contributed by atoms with van der Waals surface area (Å²) in [5.41, 5.74) is 15.9. The molecule has 3 aliphatic heterocycles. The van der Waals surface area contributed by atoms with Crippen LogP contribution in [0, 0.1) is 31.6 Å². The van der Waals surface area contributed by atoms with Gasteiger partial charge in [0, 0.05) is 145 Å². The number of carbonyl (C=O) groups is 3. The summed E-state index contributed by atoms with van der Waals surface area (Å²) in [7, 11) is -0.871. The molecule has 5 N–H and O–H groups in total. The minimum Gasteiger partial charge on any atom is -0.369 e. The van der Waals surface area contributed by atoms with Crippen LogP contribution in [0.5, 0.6) is 0 Å². The zero-order valence-electron chi connectivity index (χ0n) is 68.7. The molecule has 17 rings (SSSR count). The number of halogens is 7. The Morgan fingerprint density at radius 2 is 0.984 bits per heavy atom. The summed E-state index contributed by atoms with van der Waals surface area (Å²) in [4.78, 5) is 62.3. The molecular weight excluding hydrogens is 1670 g/mol. The van der Waals surface area contributed by atoms with Gasteiger partial charge in [0.25, 0.3) is 19.3 Å². The monoisotopic (exact) mass is 1760 g/mol. The number of ketones is 2. The first-order valence-electron chi connectivity index (χ1n) is 39.7. The number of hydrogen-bond acceptors (Lipinski definition) is 23. The quantitative estimate of drug-likeness (QED) is 0.0322. The minimum atomic E-state index is -3.73. The van der Waals surface area contributed by atoms with Crippen molar-refractivity contribution in [1.29, 1.82) is 0 Å². The highest BCUT2D eigenvalue weighted by atomic mass is 35.5. The topological polar surface area (TPSA) is 365 Å². The van der Waals surface area contributed by atoms with Crippen molar-refractivity contribution in [1.82, 2.24) is 63.4 Å². The Morgan fingerprint density at radius 3 is 1.40 bits per heavy atom. The second-order valence-corrected chi connectivity index (χ2v) is 38.3. The average molecular weight is 1760 g/mol. The number of benzene rings is 3. The SMILES string of the molecule is CN=S(C)(=O)c1cc(-c2cnn(C)c2)ccc1Nc1cc(CC(=O)C2CC2)nc2c1N=C(C(F)F)C2.CN=S(C)(=O)c1cc(-c2cnn(C)c2C)ccc1Nc1cc(Cl)nc2c1nc(C(F)F)n2C1CCCCO1.Cc1c(-c2ccc(Nc3cc(CC(=O)C4CC4)nc4c3nc(C(F)F)n4C3CCCCO3)c(S(C)(=O)=O)c2)cnn1C.NC(=O)C1CC1. The van der Waals surface area contributed by atoms with Gasteiger partial charge in [0.15, 0.2) is 32.8 Å². The van der Waals surface area contributed by atoms with Gasteiger partial charge >= 0.3 is 0 Å². The first kappa shape index (κ1) is 87.5. The largest absolute Gasteiger partial charge is 0.369 e. The highest BCUT2D eigenvalue weighted by molar-refractivity contribution is 7.93. The number of imidazole rings is 2. The van der Waals surface area contributed by atoms with Crippen molar-refractivity contribution >= 4 is 126 Å². The lowest BCUT2D eigenvalue weighted by Gasteiger charge is -2.25. The molecule has 2 saturated heterocycles. The van der Waals surface area contributed by atoms with Crippen molar-refractivity contribution in [3.8, 4) is 33.4 Å². The molecule has 0 spiro atoms. The number of alkyl halides is 6. The Bertz CT molecular complexity index is 6320. The number of rotatable bonds is 24. The van der Waals surface area contributed by atoms with Gasteiger partial charge in [-0.3, -0.25) is 42.5 Å². The maximum absolute atomic E-state index is 14.3. The van der Waals surface area contributed by atoms with Gasteiger partial charge in [-0.1, -0.05) is 29.8 Å². The number of aryl methyl sites for hydroxylation is 3. The molecule has 11 aromatic rings. The Morgan fingerprint density at radius 1 is 0.533 bits per heavy atom. The van der Waals surface area contributed by atoms with Crippen LogP contribution < -0.4 is 21.7 Å². The molecule has 3 aromatic carbocycles. The normalized spacial score (nSPS) is 17.5. The van der Waals surface area contributed by atoms with Crippen LogP contribution in [0.25, 0.3) is 55.7 Å². The third kappa shape index (κ3) is 19.5. The predicted molar refractivity (Wildman–Crippen MR) is 453 cm³/mol. The summed E-state index contributed by atoms with van der Waals surface area (Å²) in [6, 6.07) is 20.7.